The smallest absolute Gasteiger partial charge is 0.305 e. The molecule has 1 aromatic heterocycles. The fourth-order valence-electron chi connectivity index (χ4n) is 1.90. The number of fused-ring (bicyclic) bond motifs is 1. The van der Waals surface area contributed by atoms with Crippen LogP contribution in [-0.4, -0.2) is 29.7 Å². The molecule has 0 aliphatic heterocycles. The Morgan fingerprint density at radius 3 is 2.83 bits per heavy atom. The SMILES string of the molecule is COC(=O)CCc1nc2cc(OC)ccc2n1C. The Morgan fingerprint density at radius 2 is 2.17 bits per heavy atom. The molecule has 0 fully saturated rings. The fraction of sp³-hybridized carbons (Fsp3) is 0.385. The van der Waals surface area contributed by atoms with Crippen molar-refractivity contribution in [3.63, 3.8) is 0 Å². The average Bonchev–Trinajstić information content (AvgIpc) is 2.72. The molecule has 0 amide bonds. The lowest BCUT2D eigenvalue weighted by Gasteiger charge is -2.01. The summed E-state index contributed by atoms with van der Waals surface area (Å²) in [6.45, 7) is 0. The minimum atomic E-state index is -0.223. The Balaban J connectivity index is 2.29. The van der Waals surface area contributed by atoms with E-state index in [0.717, 1.165) is 22.6 Å². The lowest BCUT2D eigenvalue weighted by atomic mass is 10.3. The number of aryl methyl sites for hydroxylation is 2. The van der Waals surface area contributed by atoms with Gasteiger partial charge in [-0.1, -0.05) is 0 Å². The molecule has 2 rings (SSSR count). The third kappa shape index (κ3) is 2.30. The number of aromatic nitrogens is 2. The quantitative estimate of drug-likeness (QED) is 0.773. The second kappa shape index (κ2) is 5.08. The largest absolute Gasteiger partial charge is 0.497 e. The van der Waals surface area contributed by atoms with Crippen molar-refractivity contribution in [3.05, 3.63) is 24.0 Å². The number of carbonyl (C=O) groups excluding carboxylic acids is 1. The normalized spacial score (nSPS) is 10.6. The van der Waals surface area contributed by atoms with Gasteiger partial charge in [-0.3, -0.25) is 4.79 Å². The molecule has 0 atom stereocenters. The van der Waals surface area contributed by atoms with E-state index in [1.165, 1.54) is 7.11 Å². The van der Waals surface area contributed by atoms with Gasteiger partial charge < -0.3 is 14.0 Å². The van der Waals surface area contributed by atoms with Crippen LogP contribution >= 0.6 is 0 Å². The molecule has 0 unspecified atom stereocenters. The molecule has 0 N–H and O–H groups in total. The average molecular weight is 248 g/mol. The van der Waals surface area contributed by atoms with E-state index in [2.05, 4.69) is 9.72 Å². The van der Waals surface area contributed by atoms with Gasteiger partial charge in [0, 0.05) is 19.5 Å². The van der Waals surface area contributed by atoms with Gasteiger partial charge in [0.15, 0.2) is 0 Å². The summed E-state index contributed by atoms with van der Waals surface area (Å²) < 4.78 is 11.8. The summed E-state index contributed by atoms with van der Waals surface area (Å²) in [6.07, 6.45) is 0.908. The molecule has 0 aliphatic rings. The van der Waals surface area contributed by atoms with E-state index in [0.29, 0.717) is 12.8 Å². The Labute approximate surface area is 105 Å². The Morgan fingerprint density at radius 1 is 1.39 bits per heavy atom. The number of carbonyl (C=O) groups is 1. The highest BCUT2D eigenvalue weighted by Crippen LogP contribution is 2.21. The van der Waals surface area contributed by atoms with E-state index in [9.17, 15) is 4.79 Å². The van der Waals surface area contributed by atoms with Crippen LogP contribution in [0, 0.1) is 0 Å². The van der Waals surface area contributed by atoms with E-state index in [-0.39, 0.29) is 5.97 Å². The van der Waals surface area contributed by atoms with Gasteiger partial charge in [-0.25, -0.2) is 4.98 Å². The standard InChI is InChI=1S/C13H16N2O3/c1-15-11-5-4-9(17-2)8-10(11)14-12(15)6-7-13(16)18-3/h4-5,8H,6-7H2,1-3H3. The number of hydrogen-bond donors (Lipinski definition) is 0. The van der Waals surface area contributed by atoms with Gasteiger partial charge in [0.2, 0.25) is 0 Å². The molecule has 1 heterocycles. The number of rotatable bonds is 4. The monoisotopic (exact) mass is 248 g/mol. The Bertz CT molecular complexity index is 575. The number of imidazole rings is 1. The highest BCUT2D eigenvalue weighted by Gasteiger charge is 2.10. The van der Waals surface area contributed by atoms with Gasteiger partial charge in [0.1, 0.15) is 11.6 Å². The number of esters is 1. The zero-order valence-corrected chi connectivity index (χ0v) is 10.8. The number of benzene rings is 1. The molecular weight excluding hydrogens is 232 g/mol. The van der Waals surface area contributed by atoms with Crippen molar-refractivity contribution in [1.29, 1.82) is 0 Å². The first-order valence-electron chi connectivity index (χ1n) is 5.72. The summed E-state index contributed by atoms with van der Waals surface area (Å²) in [5.41, 5.74) is 1.90. The summed E-state index contributed by atoms with van der Waals surface area (Å²) in [7, 11) is 4.96. The van der Waals surface area contributed by atoms with Crippen LogP contribution in [0.25, 0.3) is 11.0 Å². The van der Waals surface area contributed by atoms with Crippen LogP contribution in [0.1, 0.15) is 12.2 Å². The van der Waals surface area contributed by atoms with Crippen molar-refractivity contribution in [2.24, 2.45) is 7.05 Å². The third-order valence-electron chi connectivity index (χ3n) is 2.96. The van der Waals surface area contributed by atoms with Gasteiger partial charge in [-0.2, -0.15) is 0 Å². The minimum Gasteiger partial charge on any atom is -0.497 e. The summed E-state index contributed by atoms with van der Waals surface area (Å²) >= 11 is 0. The number of hydrogen-bond acceptors (Lipinski definition) is 4. The summed E-state index contributed by atoms with van der Waals surface area (Å²) in [6, 6.07) is 5.74. The van der Waals surface area contributed by atoms with Gasteiger partial charge in [-0.15, -0.1) is 0 Å². The lowest BCUT2D eigenvalue weighted by Crippen LogP contribution is -2.05. The van der Waals surface area contributed by atoms with Crippen molar-refractivity contribution in [2.75, 3.05) is 14.2 Å². The summed E-state index contributed by atoms with van der Waals surface area (Å²) in [5, 5.41) is 0. The van der Waals surface area contributed by atoms with Crippen LogP contribution in [-0.2, 0) is 23.0 Å². The van der Waals surface area contributed by atoms with Gasteiger partial charge in [0.05, 0.1) is 31.7 Å². The molecule has 5 heteroatoms. The third-order valence-corrected chi connectivity index (χ3v) is 2.96. The molecule has 5 nitrogen and oxygen atoms in total. The maximum Gasteiger partial charge on any atom is 0.305 e. The predicted molar refractivity (Wildman–Crippen MR) is 67.6 cm³/mol. The molecular formula is C13H16N2O3. The van der Waals surface area contributed by atoms with Crippen molar-refractivity contribution >= 4 is 17.0 Å². The van der Waals surface area contributed by atoms with E-state index in [1.807, 2.05) is 29.8 Å². The van der Waals surface area contributed by atoms with Crippen LogP contribution < -0.4 is 4.74 Å². The van der Waals surface area contributed by atoms with Crippen molar-refractivity contribution in [3.8, 4) is 5.75 Å². The molecule has 0 aliphatic carbocycles. The maximum absolute atomic E-state index is 11.1. The van der Waals surface area contributed by atoms with Crippen molar-refractivity contribution < 1.29 is 14.3 Å². The second-order valence-corrected chi connectivity index (χ2v) is 4.02. The Hall–Kier alpha value is -2.04. The highest BCUT2D eigenvalue weighted by molar-refractivity contribution is 5.78. The van der Waals surface area contributed by atoms with Crippen molar-refractivity contribution in [1.82, 2.24) is 9.55 Å². The minimum absolute atomic E-state index is 0.223. The van der Waals surface area contributed by atoms with E-state index in [4.69, 9.17) is 4.74 Å². The van der Waals surface area contributed by atoms with Gasteiger partial charge in [-0.05, 0) is 12.1 Å². The first-order valence-corrected chi connectivity index (χ1v) is 5.72. The topological polar surface area (TPSA) is 53.4 Å². The molecule has 0 saturated carbocycles. The first kappa shape index (κ1) is 12.4. The highest BCUT2D eigenvalue weighted by atomic mass is 16.5. The van der Waals surface area contributed by atoms with E-state index >= 15 is 0 Å². The molecule has 0 saturated heterocycles. The summed E-state index contributed by atoms with van der Waals surface area (Å²) in [5.74, 6) is 1.42. The van der Waals surface area contributed by atoms with Crippen LogP contribution in [0.3, 0.4) is 0 Å². The molecule has 0 spiro atoms. The molecule has 2 aromatic rings. The summed E-state index contributed by atoms with van der Waals surface area (Å²) in [4.78, 5) is 15.6. The molecule has 18 heavy (non-hydrogen) atoms. The fourth-order valence-corrected chi connectivity index (χ4v) is 1.90. The van der Waals surface area contributed by atoms with Crippen LogP contribution in [0.4, 0.5) is 0 Å². The van der Waals surface area contributed by atoms with E-state index < -0.39 is 0 Å². The number of nitrogens with zero attached hydrogens (tertiary/aromatic N) is 2. The van der Waals surface area contributed by atoms with Crippen LogP contribution in [0.5, 0.6) is 5.75 Å². The van der Waals surface area contributed by atoms with Crippen LogP contribution in [0.15, 0.2) is 18.2 Å². The number of ether oxygens (including phenoxy) is 2. The maximum atomic E-state index is 11.1. The Kier molecular flexibility index (Phi) is 3.50. The van der Waals surface area contributed by atoms with E-state index in [1.54, 1.807) is 7.11 Å². The molecule has 96 valence electrons. The zero-order chi connectivity index (χ0) is 13.1. The first-order chi connectivity index (χ1) is 8.65. The second-order valence-electron chi connectivity index (χ2n) is 4.02. The molecule has 0 radical (unpaired) electrons. The zero-order valence-electron chi connectivity index (χ0n) is 10.8. The van der Waals surface area contributed by atoms with Gasteiger partial charge >= 0.3 is 5.97 Å². The number of methoxy groups -OCH3 is 2. The van der Waals surface area contributed by atoms with Crippen LogP contribution in [0.2, 0.25) is 0 Å². The molecule has 1 aromatic carbocycles. The predicted octanol–water partition coefficient (Wildman–Crippen LogP) is 1.69. The molecule has 0 bridgehead atoms. The lowest BCUT2D eigenvalue weighted by molar-refractivity contribution is -0.140. The van der Waals surface area contributed by atoms with Crippen molar-refractivity contribution in [2.45, 2.75) is 12.8 Å². The van der Waals surface area contributed by atoms with Gasteiger partial charge in [0.25, 0.3) is 0 Å².